The van der Waals surface area contributed by atoms with Crippen LogP contribution in [0.15, 0.2) is 40.9 Å². The average Bonchev–Trinajstić information content (AvgIpc) is 2.45. The molecule has 122 valence electrons. The van der Waals surface area contributed by atoms with E-state index in [2.05, 4.69) is 47.0 Å². The summed E-state index contributed by atoms with van der Waals surface area (Å²) in [6.45, 7) is 8.26. The molecule has 0 saturated heterocycles. The van der Waals surface area contributed by atoms with Crippen LogP contribution in [0.25, 0.3) is 0 Å². The topological polar surface area (TPSA) is 51.2 Å². The van der Waals surface area contributed by atoms with Gasteiger partial charge in [-0.15, -0.1) is 0 Å². The average molecular weight is 377 g/mol. The Morgan fingerprint density at radius 3 is 2.61 bits per heavy atom. The number of halogens is 1. The van der Waals surface area contributed by atoms with E-state index in [9.17, 15) is 4.79 Å². The molecule has 4 nitrogen and oxygen atoms in total. The van der Waals surface area contributed by atoms with Crippen LogP contribution in [0.4, 0.5) is 5.82 Å². The van der Waals surface area contributed by atoms with Crippen LogP contribution in [0, 0.1) is 6.92 Å². The molecule has 1 N–H and O–H groups in total. The molecule has 0 atom stereocenters. The molecule has 1 heterocycles. The van der Waals surface area contributed by atoms with E-state index in [-0.39, 0.29) is 17.9 Å². The molecule has 0 unspecified atom stereocenters. The fraction of sp³-hybridized carbons (Fsp3) is 0.333. The molecule has 0 aliphatic heterocycles. The van der Waals surface area contributed by atoms with Crippen molar-refractivity contribution in [2.24, 2.45) is 0 Å². The van der Waals surface area contributed by atoms with Crippen molar-refractivity contribution in [2.45, 2.75) is 33.1 Å². The lowest BCUT2D eigenvalue weighted by molar-refractivity contribution is -0.118. The maximum absolute atomic E-state index is 11.9. The van der Waals surface area contributed by atoms with Gasteiger partial charge in [-0.2, -0.15) is 0 Å². The number of ether oxygens (including phenoxy) is 1. The van der Waals surface area contributed by atoms with E-state index in [1.165, 1.54) is 5.56 Å². The Labute approximate surface area is 145 Å². The lowest BCUT2D eigenvalue weighted by atomic mass is 9.87. The van der Waals surface area contributed by atoms with E-state index in [0.29, 0.717) is 11.6 Å². The van der Waals surface area contributed by atoms with Crippen molar-refractivity contribution >= 4 is 27.7 Å². The van der Waals surface area contributed by atoms with Gasteiger partial charge in [-0.25, -0.2) is 4.98 Å². The third-order valence-corrected chi connectivity index (χ3v) is 3.93. The van der Waals surface area contributed by atoms with Gasteiger partial charge in [-0.3, -0.25) is 4.79 Å². The monoisotopic (exact) mass is 376 g/mol. The number of rotatable bonds is 4. The molecule has 5 heteroatoms. The molecule has 1 aromatic heterocycles. The van der Waals surface area contributed by atoms with E-state index < -0.39 is 0 Å². The van der Waals surface area contributed by atoms with Gasteiger partial charge in [0.1, 0.15) is 11.6 Å². The number of aromatic nitrogens is 1. The second kappa shape index (κ2) is 7.13. The van der Waals surface area contributed by atoms with Crippen molar-refractivity contribution in [3.63, 3.8) is 0 Å². The number of aryl methyl sites for hydroxylation is 1. The quantitative estimate of drug-likeness (QED) is 0.856. The van der Waals surface area contributed by atoms with Crippen LogP contribution in [0.5, 0.6) is 5.75 Å². The lowest BCUT2D eigenvalue weighted by Gasteiger charge is -2.20. The third-order valence-electron chi connectivity index (χ3n) is 3.31. The van der Waals surface area contributed by atoms with E-state index in [1.54, 1.807) is 6.07 Å². The molecule has 1 amide bonds. The molecular formula is C18H21BrN2O2. The van der Waals surface area contributed by atoms with Gasteiger partial charge in [0.25, 0.3) is 5.91 Å². The minimum atomic E-state index is -0.241. The predicted octanol–water partition coefficient (Wildman–Crippen LogP) is 4.47. The minimum Gasteiger partial charge on any atom is -0.483 e. The van der Waals surface area contributed by atoms with Crippen molar-refractivity contribution in [2.75, 3.05) is 11.9 Å². The maximum atomic E-state index is 11.9. The number of pyridine rings is 1. The fourth-order valence-corrected chi connectivity index (χ4v) is 2.51. The molecule has 0 bridgehead atoms. The summed E-state index contributed by atoms with van der Waals surface area (Å²) in [6, 6.07) is 11.4. The number of hydrogen-bond acceptors (Lipinski definition) is 3. The van der Waals surface area contributed by atoms with Crippen LogP contribution in [0.3, 0.4) is 0 Å². The summed E-state index contributed by atoms with van der Waals surface area (Å²) in [6.07, 6.45) is 0. The number of nitrogens with one attached hydrogen (secondary N) is 1. The second-order valence-electron chi connectivity index (χ2n) is 6.40. The first-order valence-corrected chi connectivity index (χ1v) is 8.21. The number of nitrogens with zero attached hydrogens (tertiary/aromatic N) is 1. The van der Waals surface area contributed by atoms with Crippen molar-refractivity contribution in [1.82, 2.24) is 4.98 Å². The van der Waals surface area contributed by atoms with E-state index in [4.69, 9.17) is 4.74 Å². The number of amides is 1. The fourth-order valence-electron chi connectivity index (χ4n) is 2.02. The highest BCUT2D eigenvalue weighted by molar-refractivity contribution is 9.10. The molecule has 1 aromatic carbocycles. The highest BCUT2D eigenvalue weighted by Gasteiger charge is 2.15. The Balaban J connectivity index is 1.97. The van der Waals surface area contributed by atoms with Crippen LogP contribution in [-0.4, -0.2) is 17.5 Å². The van der Waals surface area contributed by atoms with Gasteiger partial charge in [-0.1, -0.05) is 32.9 Å². The van der Waals surface area contributed by atoms with Crippen LogP contribution in [0.1, 0.15) is 32.0 Å². The van der Waals surface area contributed by atoms with Crippen molar-refractivity contribution in [1.29, 1.82) is 0 Å². The van der Waals surface area contributed by atoms with Gasteiger partial charge < -0.3 is 10.1 Å². The van der Waals surface area contributed by atoms with Crippen molar-refractivity contribution < 1.29 is 9.53 Å². The molecular weight excluding hydrogens is 356 g/mol. The van der Waals surface area contributed by atoms with E-state index in [0.717, 1.165) is 10.2 Å². The van der Waals surface area contributed by atoms with Crippen LogP contribution in [0.2, 0.25) is 0 Å². The van der Waals surface area contributed by atoms with Gasteiger partial charge in [0.2, 0.25) is 0 Å². The summed E-state index contributed by atoms with van der Waals surface area (Å²) in [4.78, 5) is 16.2. The molecule has 0 saturated carbocycles. The Kier molecular flexibility index (Phi) is 5.42. The summed E-state index contributed by atoms with van der Waals surface area (Å²) in [5.41, 5.74) is 2.12. The zero-order chi connectivity index (χ0) is 17.0. The maximum Gasteiger partial charge on any atom is 0.263 e. The first-order chi connectivity index (χ1) is 10.8. The molecule has 2 rings (SSSR count). The molecule has 0 aliphatic rings. The van der Waals surface area contributed by atoms with Crippen LogP contribution in [-0.2, 0) is 10.2 Å². The normalized spacial score (nSPS) is 11.2. The molecule has 0 spiro atoms. The highest BCUT2D eigenvalue weighted by Crippen LogP contribution is 2.31. The first-order valence-electron chi connectivity index (χ1n) is 7.42. The molecule has 0 fully saturated rings. The van der Waals surface area contributed by atoms with Crippen molar-refractivity contribution in [3.8, 4) is 5.75 Å². The van der Waals surface area contributed by atoms with Crippen molar-refractivity contribution in [3.05, 3.63) is 52.1 Å². The van der Waals surface area contributed by atoms with E-state index >= 15 is 0 Å². The summed E-state index contributed by atoms with van der Waals surface area (Å²) in [7, 11) is 0. The van der Waals surface area contributed by atoms with Gasteiger partial charge >= 0.3 is 0 Å². The first kappa shape index (κ1) is 17.5. The number of carbonyl (C=O) groups is 1. The summed E-state index contributed by atoms with van der Waals surface area (Å²) in [5.74, 6) is 0.931. The number of anilines is 1. The Bertz CT molecular complexity index is 708. The van der Waals surface area contributed by atoms with Gasteiger partial charge in [0, 0.05) is 5.69 Å². The van der Waals surface area contributed by atoms with Gasteiger partial charge in [0.15, 0.2) is 6.61 Å². The van der Waals surface area contributed by atoms with E-state index in [1.807, 2.05) is 37.3 Å². The summed E-state index contributed by atoms with van der Waals surface area (Å²) < 4.78 is 6.42. The number of benzene rings is 1. The Morgan fingerprint density at radius 2 is 2.00 bits per heavy atom. The largest absolute Gasteiger partial charge is 0.483 e. The third kappa shape index (κ3) is 5.06. The highest BCUT2D eigenvalue weighted by atomic mass is 79.9. The second-order valence-corrected chi connectivity index (χ2v) is 7.25. The van der Waals surface area contributed by atoms with Crippen LogP contribution >= 0.6 is 15.9 Å². The predicted molar refractivity (Wildman–Crippen MR) is 95.9 cm³/mol. The zero-order valence-corrected chi connectivity index (χ0v) is 15.4. The van der Waals surface area contributed by atoms with Crippen LogP contribution < -0.4 is 10.1 Å². The summed E-state index contributed by atoms with van der Waals surface area (Å²) in [5, 5.41) is 2.72. The smallest absolute Gasteiger partial charge is 0.263 e. The molecule has 2 aromatic rings. The zero-order valence-electron chi connectivity index (χ0n) is 13.8. The SMILES string of the molecule is Cc1cccc(NC(=O)COc2ccc(C(C)(C)C)cc2Br)n1. The lowest BCUT2D eigenvalue weighted by Crippen LogP contribution is -2.21. The standard InChI is InChI=1S/C18H21BrN2O2/c1-12-6-5-7-16(20-12)21-17(22)11-23-15-9-8-13(10-14(15)19)18(2,3)4/h5-10H,11H2,1-4H3,(H,20,21,22). The Morgan fingerprint density at radius 1 is 1.26 bits per heavy atom. The molecule has 0 radical (unpaired) electrons. The molecule has 23 heavy (non-hydrogen) atoms. The van der Waals surface area contributed by atoms with Gasteiger partial charge in [0.05, 0.1) is 4.47 Å². The van der Waals surface area contributed by atoms with Gasteiger partial charge in [-0.05, 0) is 58.1 Å². The number of carbonyl (C=O) groups excluding carboxylic acids is 1. The number of hydrogen-bond donors (Lipinski definition) is 1. The molecule has 0 aliphatic carbocycles. The minimum absolute atomic E-state index is 0.0647. The summed E-state index contributed by atoms with van der Waals surface area (Å²) >= 11 is 3.50. The Hall–Kier alpha value is -1.88.